The molecule has 154 valence electrons. The zero-order chi connectivity index (χ0) is 21.0. The molecule has 1 fully saturated rings. The van der Waals surface area contributed by atoms with Crippen molar-refractivity contribution in [1.29, 1.82) is 5.26 Å². The molecule has 8 heteroatoms. The Hall–Kier alpha value is -3.21. The number of aliphatic imine (C=N–C) groups is 1. The first kappa shape index (κ1) is 18.8. The zero-order valence-electron chi connectivity index (χ0n) is 15.9. The molecule has 0 spiro atoms. The van der Waals surface area contributed by atoms with Gasteiger partial charge in [0.15, 0.2) is 5.54 Å². The third-order valence-electron chi connectivity index (χ3n) is 6.29. The molecule has 1 saturated carbocycles. The quantitative estimate of drug-likeness (QED) is 0.796. The van der Waals surface area contributed by atoms with Gasteiger partial charge in [0.2, 0.25) is 0 Å². The molecule has 2 aliphatic carbocycles. The standard InChI is InChI=1S/C22H19F3N4O/c23-17-5-3-13(28-18-6-2-12-7-11(10-26)1-4-14(12)18)8-15(17)22(20(24)25)16-9-19(16)30-21(27)29-22/h1,3-5,7-8,16,18-20,28H,2,6,9H2,(H2,27,29)/t16-,18+,19+,22+/m0/s1. The molecular weight excluding hydrogens is 393 g/mol. The molecule has 30 heavy (non-hydrogen) atoms. The highest BCUT2D eigenvalue weighted by Gasteiger charge is 2.64. The van der Waals surface area contributed by atoms with Gasteiger partial charge in [-0.1, -0.05) is 6.07 Å². The summed E-state index contributed by atoms with van der Waals surface area (Å²) in [5.41, 5.74) is 6.70. The molecule has 3 aliphatic rings. The van der Waals surface area contributed by atoms with E-state index in [1.807, 2.05) is 12.1 Å². The molecule has 5 rings (SSSR count). The summed E-state index contributed by atoms with van der Waals surface area (Å²) in [5.74, 6) is -1.35. The van der Waals surface area contributed by atoms with Crippen LogP contribution < -0.4 is 11.1 Å². The van der Waals surface area contributed by atoms with Crippen LogP contribution in [-0.2, 0) is 16.7 Å². The van der Waals surface area contributed by atoms with E-state index in [1.165, 1.54) is 18.2 Å². The highest BCUT2D eigenvalue weighted by Crippen LogP contribution is 2.56. The second kappa shape index (κ2) is 6.66. The second-order valence-electron chi connectivity index (χ2n) is 8.03. The summed E-state index contributed by atoms with van der Waals surface area (Å²) in [6, 6.07) is 11.4. The van der Waals surface area contributed by atoms with E-state index in [1.54, 1.807) is 6.07 Å². The molecule has 0 amide bonds. The minimum Gasteiger partial charge on any atom is -0.462 e. The Bertz CT molecular complexity index is 1100. The van der Waals surface area contributed by atoms with E-state index < -0.39 is 29.8 Å². The maximum Gasteiger partial charge on any atom is 0.283 e. The normalized spacial score (nSPS) is 28.8. The lowest BCUT2D eigenvalue weighted by Gasteiger charge is -2.33. The van der Waals surface area contributed by atoms with Gasteiger partial charge in [-0.25, -0.2) is 18.2 Å². The van der Waals surface area contributed by atoms with Gasteiger partial charge in [-0.15, -0.1) is 0 Å². The number of nitriles is 1. The van der Waals surface area contributed by atoms with Gasteiger partial charge in [-0.2, -0.15) is 5.26 Å². The van der Waals surface area contributed by atoms with E-state index in [9.17, 15) is 13.2 Å². The maximum absolute atomic E-state index is 14.8. The molecule has 2 aromatic rings. The number of anilines is 1. The van der Waals surface area contributed by atoms with Crippen LogP contribution in [0.3, 0.4) is 0 Å². The number of aryl methyl sites for hydroxylation is 1. The smallest absolute Gasteiger partial charge is 0.283 e. The SMILES string of the molecule is N#Cc1ccc2c(c1)CC[C@H]2Nc1ccc(F)c([C@@]2(C(F)F)N=C(N)O[C@@H]3C[C@@H]32)c1. The summed E-state index contributed by atoms with van der Waals surface area (Å²) in [5, 5.41) is 12.4. The summed E-state index contributed by atoms with van der Waals surface area (Å²) in [6.07, 6.45) is -1.41. The second-order valence-corrected chi connectivity index (χ2v) is 8.03. The predicted molar refractivity (Wildman–Crippen MR) is 105 cm³/mol. The van der Waals surface area contributed by atoms with Crippen molar-refractivity contribution in [3.8, 4) is 6.07 Å². The molecule has 0 aromatic heterocycles. The average Bonchev–Trinajstić information content (AvgIpc) is 3.41. The van der Waals surface area contributed by atoms with Crippen molar-refractivity contribution in [2.75, 3.05) is 5.32 Å². The number of ether oxygens (including phenoxy) is 1. The van der Waals surface area contributed by atoms with Gasteiger partial charge < -0.3 is 15.8 Å². The highest BCUT2D eigenvalue weighted by molar-refractivity contribution is 5.74. The fraction of sp³-hybridized carbons (Fsp3) is 0.364. The molecule has 5 nitrogen and oxygen atoms in total. The van der Waals surface area contributed by atoms with E-state index in [4.69, 9.17) is 15.7 Å². The summed E-state index contributed by atoms with van der Waals surface area (Å²) < 4.78 is 48.6. The molecule has 0 bridgehead atoms. The number of amidine groups is 1. The van der Waals surface area contributed by atoms with Gasteiger partial charge in [0.1, 0.15) is 11.9 Å². The van der Waals surface area contributed by atoms with E-state index in [-0.39, 0.29) is 17.6 Å². The minimum absolute atomic E-state index is 0.0505. The van der Waals surface area contributed by atoms with Crippen LogP contribution in [0.25, 0.3) is 0 Å². The topological polar surface area (TPSA) is 83.4 Å². The summed E-state index contributed by atoms with van der Waals surface area (Å²) in [4.78, 5) is 3.92. The molecule has 0 radical (unpaired) electrons. The molecule has 2 aromatic carbocycles. The van der Waals surface area contributed by atoms with Crippen molar-refractivity contribution in [2.24, 2.45) is 16.6 Å². The third kappa shape index (κ3) is 2.80. The van der Waals surface area contributed by atoms with Gasteiger partial charge in [0.25, 0.3) is 12.4 Å². The molecule has 1 aliphatic heterocycles. The molecule has 0 unspecified atom stereocenters. The van der Waals surface area contributed by atoms with Crippen molar-refractivity contribution in [3.05, 3.63) is 64.5 Å². The van der Waals surface area contributed by atoms with Gasteiger partial charge >= 0.3 is 0 Å². The Morgan fingerprint density at radius 3 is 2.87 bits per heavy atom. The fourth-order valence-corrected chi connectivity index (χ4v) is 4.76. The average molecular weight is 412 g/mol. The maximum atomic E-state index is 14.8. The summed E-state index contributed by atoms with van der Waals surface area (Å²) in [7, 11) is 0. The molecule has 1 heterocycles. The van der Waals surface area contributed by atoms with E-state index in [0.29, 0.717) is 17.7 Å². The van der Waals surface area contributed by atoms with Gasteiger partial charge in [-0.05, 0) is 60.7 Å². The molecule has 4 atom stereocenters. The van der Waals surface area contributed by atoms with Crippen molar-refractivity contribution >= 4 is 11.7 Å². The predicted octanol–water partition coefficient (Wildman–Crippen LogP) is 3.99. The minimum atomic E-state index is -2.92. The number of alkyl halides is 2. The van der Waals surface area contributed by atoms with Gasteiger partial charge in [-0.3, -0.25) is 0 Å². The van der Waals surface area contributed by atoms with Crippen LogP contribution in [0.5, 0.6) is 0 Å². The van der Waals surface area contributed by atoms with Gasteiger partial charge in [0.05, 0.1) is 17.7 Å². The van der Waals surface area contributed by atoms with Gasteiger partial charge in [0, 0.05) is 17.2 Å². The lowest BCUT2D eigenvalue weighted by atomic mass is 9.84. The molecule has 3 N–H and O–H groups in total. The van der Waals surface area contributed by atoms with Crippen LogP contribution in [0.4, 0.5) is 18.9 Å². The number of nitrogens with zero attached hydrogens (tertiary/aromatic N) is 2. The van der Waals surface area contributed by atoms with E-state index >= 15 is 0 Å². The largest absolute Gasteiger partial charge is 0.462 e. The molecule has 0 saturated heterocycles. The third-order valence-corrected chi connectivity index (χ3v) is 6.29. The number of hydrogen-bond acceptors (Lipinski definition) is 5. The Morgan fingerprint density at radius 1 is 1.27 bits per heavy atom. The van der Waals surface area contributed by atoms with Crippen molar-refractivity contribution in [1.82, 2.24) is 0 Å². The number of rotatable bonds is 4. The van der Waals surface area contributed by atoms with Crippen LogP contribution in [0.15, 0.2) is 41.4 Å². The lowest BCUT2D eigenvalue weighted by Crippen LogP contribution is -2.43. The Kier molecular flexibility index (Phi) is 4.17. The van der Waals surface area contributed by atoms with E-state index in [2.05, 4.69) is 16.4 Å². The van der Waals surface area contributed by atoms with Crippen LogP contribution in [0.1, 0.15) is 41.1 Å². The Balaban J connectivity index is 1.50. The van der Waals surface area contributed by atoms with Crippen LogP contribution >= 0.6 is 0 Å². The fourth-order valence-electron chi connectivity index (χ4n) is 4.76. The number of benzene rings is 2. The van der Waals surface area contributed by atoms with Crippen molar-refractivity contribution in [3.63, 3.8) is 0 Å². The number of hydrogen-bond donors (Lipinski definition) is 2. The van der Waals surface area contributed by atoms with Crippen molar-refractivity contribution < 1.29 is 17.9 Å². The first-order chi connectivity index (χ1) is 14.4. The number of nitrogens with two attached hydrogens (primary N) is 1. The summed E-state index contributed by atoms with van der Waals surface area (Å²) in [6.45, 7) is 0. The monoisotopic (exact) mass is 412 g/mol. The number of nitrogens with one attached hydrogen (secondary N) is 1. The zero-order valence-corrected chi connectivity index (χ0v) is 15.9. The van der Waals surface area contributed by atoms with Crippen LogP contribution in [0, 0.1) is 23.1 Å². The first-order valence-electron chi connectivity index (χ1n) is 9.82. The number of halogens is 3. The summed E-state index contributed by atoms with van der Waals surface area (Å²) >= 11 is 0. The highest BCUT2D eigenvalue weighted by atomic mass is 19.3. The van der Waals surface area contributed by atoms with Crippen LogP contribution in [0.2, 0.25) is 0 Å². The number of fused-ring (bicyclic) bond motifs is 2. The lowest BCUT2D eigenvalue weighted by molar-refractivity contribution is 0.0177. The Labute approximate surface area is 171 Å². The van der Waals surface area contributed by atoms with Crippen LogP contribution in [-0.4, -0.2) is 18.6 Å². The first-order valence-corrected chi connectivity index (χ1v) is 9.82. The van der Waals surface area contributed by atoms with Crippen molar-refractivity contribution in [2.45, 2.75) is 43.4 Å². The Morgan fingerprint density at radius 2 is 2.10 bits per heavy atom. The van der Waals surface area contributed by atoms with E-state index in [0.717, 1.165) is 24.0 Å². The molecular formula is C22H19F3N4O.